The van der Waals surface area contributed by atoms with E-state index in [-0.39, 0.29) is 17.7 Å². The third-order valence-electron chi connectivity index (χ3n) is 4.23. The molecule has 6 nitrogen and oxygen atoms in total. The molecule has 1 heterocycles. The molecule has 0 saturated carbocycles. The predicted molar refractivity (Wildman–Crippen MR) is 109 cm³/mol. The summed E-state index contributed by atoms with van der Waals surface area (Å²) in [4.78, 5) is 19.7. The number of thioether (sulfide) groups is 1. The minimum absolute atomic E-state index is 0.00621. The Bertz CT molecular complexity index is 940. The molecule has 146 valence electrons. The number of carbonyl (C=O) groups is 1. The first-order valence-corrected chi connectivity index (χ1v) is 9.79. The topological polar surface area (TPSA) is 68.5 Å². The number of benzene rings is 2. The Morgan fingerprint density at radius 1 is 1.25 bits per heavy atom. The number of hydrogen-bond donors (Lipinski definition) is 0. The Morgan fingerprint density at radius 3 is 2.71 bits per heavy atom. The van der Waals surface area contributed by atoms with E-state index < -0.39 is 0 Å². The Kier molecular flexibility index (Phi) is 6.36. The summed E-state index contributed by atoms with van der Waals surface area (Å²) in [7, 11) is 3.35. The minimum atomic E-state index is -0.214. The van der Waals surface area contributed by atoms with Crippen molar-refractivity contribution in [1.82, 2.24) is 15.0 Å². The van der Waals surface area contributed by atoms with Crippen LogP contribution in [0.15, 0.2) is 57.9 Å². The molecule has 0 aliphatic rings. The lowest BCUT2D eigenvalue weighted by molar-refractivity contribution is -0.129. The van der Waals surface area contributed by atoms with Crippen molar-refractivity contribution in [2.75, 3.05) is 14.2 Å². The highest BCUT2D eigenvalue weighted by Gasteiger charge is 2.21. The van der Waals surface area contributed by atoms with Gasteiger partial charge >= 0.3 is 0 Å². The first-order chi connectivity index (χ1) is 13.5. The van der Waals surface area contributed by atoms with Gasteiger partial charge in [-0.1, -0.05) is 35.0 Å². The van der Waals surface area contributed by atoms with E-state index in [1.54, 1.807) is 19.1 Å². The maximum absolute atomic E-state index is 12.7. The highest BCUT2D eigenvalue weighted by atomic mass is 32.2. The summed E-state index contributed by atoms with van der Waals surface area (Å²) in [5.41, 5.74) is 2.00. The second-order valence-corrected chi connectivity index (χ2v) is 7.93. The van der Waals surface area contributed by atoms with Gasteiger partial charge in [0, 0.05) is 17.5 Å². The fourth-order valence-electron chi connectivity index (χ4n) is 2.66. The first-order valence-electron chi connectivity index (χ1n) is 8.91. The van der Waals surface area contributed by atoms with Crippen LogP contribution >= 0.6 is 11.8 Å². The molecule has 0 saturated heterocycles. The van der Waals surface area contributed by atoms with Gasteiger partial charge in [-0.25, -0.2) is 0 Å². The smallest absolute Gasteiger partial charge is 0.246 e. The van der Waals surface area contributed by atoms with Crippen LogP contribution in [-0.2, 0) is 11.3 Å². The number of nitrogens with zero attached hydrogens (tertiary/aromatic N) is 3. The molecule has 1 amide bonds. The fraction of sp³-hybridized carbons (Fsp3) is 0.286. The molecule has 0 aliphatic heterocycles. The zero-order valence-electron chi connectivity index (χ0n) is 16.4. The highest BCUT2D eigenvalue weighted by Crippen LogP contribution is 2.25. The molecule has 0 N–H and O–H groups in total. The maximum atomic E-state index is 12.7. The van der Waals surface area contributed by atoms with E-state index in [1.807, 2.05) is 62.4 Å². The van der Waals surface area contributed by atoms with Crippen LogP contribution in [-0.4, -0.2) is 40.4 Å². The fourth-order valence-corrected chi connectivity index (χ4v) is 3.64. The second kappa shape index (κ2) is 8.93. The van der Waals surface area contributed by atoms with Gasteiger partial charge in [-0.3, -0.25) is 4.79 Å². The number of hydrogen-bond acceptors (Lipinski definition) is 6. The van der Waals surface area contributed by atoms with E-state index in [2.05, 4.69) is 10.1 Å². The molecule has 0 aliphatic carbocycles. The van der Waals surface area contributed by atoms with E-state index >= 15 is 0 Å². The van der Waals surface area contributed by atoms with Gasteiger partial charge in [-0.05, 0) is 38.1 Å². The lowest BCUT2D eigenvalue weighted by Gasteiger charge is -2.19. The van der Waals surface area contributed by atoms with Gasteiger partial charge in [-0.15, -0.1) is 11.8 Å². The van der Waals surface area contributed by atoms with Gasteiger partial charge in [0.15, 0.2) is 0 Å². The molecule has 0 unspecified atom stereocenters. The van der Waals surface area contributed by atoms with Crippen molar-refractivity contribution in [2.24, 2.45) is 0 Å². The van der Waals surface area contributed by atoms with E-state index in [9.17, 15) is 4.79 Å². The molecule has 0 radical (unpaired) electrons. The summed E-state index contributed by atoms with van der Waals surface area (Å²) >= 11 is 1.53. The SMILES string of the molecule is COc1cccc(-c2noc(CN(C)C(=O)[C@H](C)Sc3ccc(C)cc3)n2)c1. The summed E-state index contributed by atoms with van der Waals surface area (Å²) in [5, 5.41) is 3.80. The highest BCUT2D eigenvalue weighted by molar-refractivity contribution is 8.00. The molecule has 1 atom stereocenters. The number of ether oxygens (including phenoxy) is 1. The summed E-state index contributed by atoms with van der Waals surface area (Å²) in [6, 6.07) is 15.6. The Hall–Kier alpha value is -2.80. The molecule has 2 aromatic carbocycles. The van der Waals surface area contributed by atoms with Gasteiger partial charge in [0.2, 0.25) is 17.6 Å². The van der Waals surface area contributed by atoms with Crippen LogP contribution in [0.25, 0.3) is 11.4 Å². The molecule has 7 heteroatoms. The zero-order chi connectivity index (χ0) is 20.1. The normalized spacial score (nSPS) is 11.9. The van der Waals surface area contributed by atoms with Crippen LogP contribution in [0.2, 0.25) is 0 Å². The number of carbonyl (C=O) groups excluding carboxylic acids is 1. The monoisotopic (exact) mass is 397 g/mol. The summed E-state index contributed by atoms with van der Waals surface area (Å²) < 4.78 is 10.5. The molecule has 1 aromatic heterocycles. The summed E-state index contributed by atoms with van der Waals surface area (Å²) in [6.07, 6.45) is 0. The van der Waals surface area contributed by atoms with Crippen molar-refractivity contribution >= 4 is 17.7 Å². The zero-order valence-corrected chi connectivity index (χ0v) is 17.2. The van der Waals surface area contributed by atoms with Gasteiger partial charge in [0.05, 0.1) is 18.9 Å². The number of methoxy groups -OCH3 is 1. The van der Waals surface area contributed by atoms with E-state index in [4.69, 9.17) is 9.26 Å². The van der Waals surface area contributed by atoms with Crippen LogP contribution in [0, 0.1) is 6.92 Å². The molecular weight excluding hydrogens is 374 g/mol. The molecule has 0 fully saturated rings. The van der Waals surface area contributed by atoms with Crippen LogP contribution < -0.4 is 4.74 Å². The molecule has 3 aromatic rings. The number of rotatable bonds is 7. The Morgan fingerprint density at radius 2 is 2.00 bits per heavy atom. The number of aromatic nitrogens is 2. The van der Waals surface area contributed by atoms with Crippen molar-refractivity contribution in [1.29, 1.82) is 0 Å². The van der Waals surface area contributed by atoms with Crippen molar-refractivity contribution < 1.29 is 14.1 Å². The van der Waals surface area contributed by atoms with Crippen molar-refractivity contribution in [2.45, 2.75) is 30.5 Å². The molecule has 0 bridgehead atoms. The average molecular weight is 398 g/mol. The van der Waals surface area contributed by atoms with Gasteiger partial charge in [0.1, 0.15) is 5.75 Å². The van der Waals surface area contributed by atoms with E-state index in [1.165, 1.54) is 17.3 Å². The summed E-state index contributed by atoms with van der Waals surface area (Å²) in [6.45, 7) is 4.20. The van der Waals surface area contributed by atoms with Gasteiger partial charge < -0.3 is 14.2 Å². The number of aryl methyl sites for hydroxylation is 1. The standard InChI is InChI=1S/C21H23N3O3S/c1-14-8-10-18(11-9-14)28-15(2)21(25)24(3)13-19-22-20(23-27-19)16-6-5-7-17(12-16)26-4/h5-12,15H,13H2,1-4H3/t15-/m0/s1. The molecule has 28 heavy (non-hydrogen) atoms. The number of amides is 1. The van der Waals surface area contributed by atoms with Crippen LogP contribution in [0.1, 0.15) is 18.4 Å². The van der Waals surface area contributed by atoms with E-state index in [0.29, 0.717) is 11.7 Å². The van der Waals surface area contributed by atoms with Crippen molar-refractivity contribution in [3.8, 4) is 17.1 Å². The van der Waals surface area contributed by atoms with Crippen molar-refractivity contribution in [3.63, 3.8) is 0 Å². The van der Waals surface area contributed by atoms with Gasteiger partial charge in [-0.2, -0.15) is 4.98 Å². The largest absolute Gasteiger partial charge is 0.497 e. The summed E-state index contributed by atoms with van der Waals surface area (Å²) in [5.74, 6) is 1.59. The third kappa shape index (κ3) is 4.92. The van der Waals surface area contributed by atoms with E-state index in [0.717, 1.165) is 16.2 Å². The van der Waals surface area contributed by atoms with Crippen LogP contribution in [0.4, 0.5) is 0 Å². The first kappa shape index (κ1) is 19.9. The second-order valence-electron chi connectivity index (χ2n) is 6.51. The molecular formula is C21H23N3O3S. The Labute approximate surface area is 168 Å². The lowest BCUT2D eigenvalue weighted by Crippen LogP contribution is -2.32. The predicted octanol–water partition coefficient (Wildman–Crippen LogP) is 4.19. The minimum Gasteiger partial charge on any atom is -0.497 e. The quantitative estimate of drug-likeness (QED) is 0.557. The molecule has 3 rings (SSSR count). The Balaban J connectivity index is 1.62. The third-order valence-corrected chi connectivity index (χ3v) is 5.33. The maximum Gasteiger partial charge on any atom is 0.246 e. The van der Waals surface area contributed by atoms with Crippen LogP contribution in [0.5, 0.6) is 5.75 Å². The lowest BCUT2D eigenvalue weighted by atomic mass is 10.2. The van der Waals surface area contributed by atoms with Gasteiger partial charge in [0.25, 0.3) is 0 Å². The molecule has 0 spiro atoms. The van der Waals surface area contributed by atoms with Crippen LogP contribution in [0.3, 0.4) is 0 Å². The van der Waals surface area contributed by atoms with Crippen molar-refractivity contribution in [3.05, 3.63) is 60.0 Å². The average Bonchev–Trinajstić information content (AvgIpc) is 3.17.